The molecule has 148 valence electrons. The molecule has 0 fully saturated rings. The van der Waals surface area contributed by atoms with Crippen LogP contribution < -0.4 is 10.6 Å². The number of hydrogen-bond donors (Lipinski definition) is 2. The zero-order valence-corrected chi connectivity index (χ0v) is 14.0. The molecule has 2 aromatic carbocycles. The molecule has 0 spiro atoms. The molecule has 0 bridgehead atoms. The largest absolute Gasteiger partial charge is 0.416 e. The van der Waals surface area contributed by atoms with Gasteiger partial charge in [-0.2, -0.15) is 26.3 Å². The number of rotatable bonds is 2. The van der Waals surface area contributed by atoms with Gasteiger partial charge in [0.25, 0.3) is 5.91 Å². The molecule has 28 heavy (non-hydrogen) atoms. The molecule has 4 nitrogen and oxygen atoms in total. The highest BCUT2D eigenvalue weighted by atomic mass is 19.4. The average Bonchev–Trinajstić information content (AvgIpc) is 2.60. The Hall–Kier alpha value is -3.04. The van der Waals surface area contributed by atoms with Crippen LogP contribution in [0.3, 0.4) is 0 Å². The summed E-state index contributed by atoms with van der Waals surface area (Å²) in [6, 6.07) is 5.08. The Morgan fingerprint density at radius 3 is 2.07 bits per heavy atom. The van der Waals surface area contributed by atoms with Crippen molar-refractivity contribution >= 4 is 23.2 Å². The van der Waals surface area contributed by atoms with Crippen LogP contribution in [-0.2, 0) is 23.6 Å². The van der Waals surface area contributed by atoms with Crippen LogP contribution in [0.25, 0.3) is 0 Å². The van der Waals surface area contributed by atoms with Crippen molar-refractivity contribution in [3.05, 3.63) is 58.7 Å². The number of benzene rings is 2. The highest BCUT2D eigenvalue weighted by Crippen LogP contribution is 2.36. The van der Waals surface area contributed by atoms with Crippen molar-refractivity contribution in [3.63, 3.8) is 0 Å². The first kappa shape index (κ1) is 19.7. The fourth-order valence-electron chi connectivity index (χ4n) is 2.75. The Balaban J connectivity index is 1.91. The minimum absolute atomic E-state index is 0.0433. The van der Waals surface area contributed by atoms with Crippen molar-refractivity contribution in [2.45, 2.75) is 25.2 Å². The van der Waals surface area contributed by atoms with Crippen LogP contribution in [0.5, 0.6) is 0 Å². The van der Waals surface area contributed by atoms with E-state index in [0.29, 0.717) is 29.8 Å². The maximum atomic E-state index is 12.9. The molecule has 0 saturated heterocycles. The zero-order valence-electron chi connectivity index (χ0n) is 14.0. The summed E-state index contributed by atoms with van der Waals surface area (Å²) in [5, 5.41) is 4.91. The minimum atomic E-state index is -5.04. The van der Waals surface area contributed by atoms with Gasteiger partial charge in [0.1, 0.15) is 0 Å². The summed E-state index contributed by atoms with van der Waals surface area (Å²) in [6.07, 6.45) is -9.46. The van der Waals surface area contributed by atoms with Gasteiger partial charge in [-0.3, -0.25) is 9.59 Å². The van der Waals surface area contributed by atoms with E-state index < -0.39 is 35.0 Å². The Morgan fingerprint density at radius 2 is 1.50 bits per heavy atom. The van der Waals surface area contributed by atoms with E-state index in [2.05, 4.69) is 10.6 Å². The molecular formula is C18H12F6N2O2. The molecule has 3 rings (SSSR count). The van der Waals surface area contributed by atoms with E-state index in [0.717, 1.165) is 0 Å². The van der Waals surface area contributed by atoms with Crippen LogP contribution in [0.15, 0.2) is 36.4 Å². The summed E-state index contributed by atoms with van der Waals surface area (Å²) < 4.78 is 77.5. The molecule has 0 aromatic heterocycles. The predicted molar refractivity (Wildman–Crippen MR) is 87.8 cm³/mol. The second kappa shape index (κ2) is 6.84. The molecule has 2 amide bonds. The minimum Gasteiger partial charge on any atom is -0.326 e. The number of carbonyl (C=O) groups excluding carboxylic acids is 2. The molecular weight excluding hydrogens is 390 g/mol. The van der Waals surface area contributed by atoms with Crippen molar-refractivity contribution in [2.24, 2.45) is 0 Å². The van der Waals surface area contributed by atoms with Crippen LogP contribution in [-0.4, -0.2) is 11.8 Å². The van der Waals surface area contributed by atoms with Gasteiger partial charge < -0.3 is 10.6 Å². The molecule has 0 radical (unpaired) electrons. The first-order valence-corrected chi connectivity index (χ1v) is 7.97. The average molecular weight is 402 g/mol. The number of nitrogens with one attached hydrogen (secondary N) is 2. The lowest BCUT2D eigenvalue weighted by Gasteiger charge is -2.18. The first-order chi connectivity index (χ1) is 12.9. The number of anilines is 2. The molecule has 1 heterocycles. The Morgan fingerprint density at radius 1 is 0.893 bits per heavy atom. The third kappa shape index (κ3) is 4.26. The first-order valence-electron chi connectivity index (χ1n) is 7.97. The molecule has 0 atom stereocenters. The smallest absolute Gasteiger partial charge is 0.326 e. The fraction of sp³-hybridized carbons (Fsp3) is 0.222. The highest BCUT2D eigenvalue weighted by molar-refractivity contribution is 6.05. The van der Waals surface area contributed by atoms with Gasteiger partial charge in [-0.15, -0.1) is 0 Å². The standard InChI is InChI=1S/C18H12F6N2O2/c19-17(20,21)11-5-10(6-12(8-11)18(22,23)24)16(28)25-13-2-3-14-9(7-13)1-4-15(27)26-14/h2-3,5-8H,1,4H2,(H,25,28)(H,26,27). The van der Waals surface area contributed by atoms with Gasteiger partial charge >= 0.3 is 12.4 Å². The van der Waals surface area contributed by atoms with Crippen molar-refractivity contribution in [1.29, 1.82) is 0 Å². The van der Waals surface area contributed by atoms with E-state index >= 15 is 0 Å². The maximum absolute atomic E-state index is 12.9. The third-order valence-electron chi connectivity index (χ3n) is 4.11. The van der Waals surface area contributed by atoms with Crippen molar-refractivity contribution in [3.8, 4) is 0 Å². The zero-order chi connectivity index (χ0) is 20.7. The van der Waals surface area contributed by atoms with Gasteiger partial charge in [-0.05, 0) is 48.4 Å². The van der Waals surface area contributed by atoms with Crippen LogP contribution in [0.4, 0.5) is 37.7 Å². The molecule has 1 aliphatic rings. The molecule has 2 aromatic rings. The monoisotopic (exact) mass is 402 g/mol. The SMILES string of the molecule is O=C1CCc2cc(NC(=O)c3cc(C(F)(F)F)cc(C(F)(F)F)c3)ccc2N1. The third-order valence-corrected chi connectivity index (χ3v) is 4.11. The Labute approximate surface area is 154 Å². The molecule has 0 aliphatic carbocycles. The molecule has 0 unspecified atom stereocenters. The van der Waals surface area contributed by atoms with Crippen LogP contribution in [0.1, 0.15) is 33.5 Å². The number of amides is 2. The number of aryl methyl sites for hydroxylation is 1. The van der Waals surface area contributed by atoms with Gasteiger partial charge in [0, 0.05) is 23.4 Å². The van der Waals surface area contributed by atoms with Gasteiger partial charge in [0.05, 0.1) is 11.1 Å². The van der Waals surface area contributed by atoms with Crippen LogP contribution >= 0.6 is 0 Å². The summed E-state index contributed by atoms with van der Waals surface area (Å²) in [6.45, 7) is 0. The van der Waals surface area contributed by atoms with Crippen molar-refractivity contribution in [1.82, 2.24) is 0 Å². The van der Waals surface area contributed by atoms with Crippen molar-refractivity contribution < 1.29 is 35.9 Å². The Bertz CT molecular complexity index is 918. The summed E-state index contributed by atoms with van der Waals surface area (Å²) in [5.74, 6) is -1.29. The summed E-state index contributed by atoms with van der Waals surface area (Å²) in [7, 11) is 0. The fourth-order valence-corrected chi connectivity index (χ4v) is 2.75. The van der Waals surface area contributed by atoms with E-state index in [1.165, 1.54) is 18.2 Å². The number of halogens is 6. The Kier molecular flexibility index (Phi) is 4.82. The van der Waals surface area contributed by atoms with E-state index in [1.54, 1.807) is 0 Å². The van der Waals surface area contributed by atoms with Gasteiger partial charge in [0.2, 0.25) is 5.91 Å². The van der Waals surface area contributed by atoms with Gasteiger partial charge in [-0.1, -0.05) is 0 Å². The summed E-state index contributed by atoms with van der Waals surface area (Å²) in [4.78, 5) is 23.6. The molecule has 2 N–H and O–H groups in total. The number of alkyl halides is 6. The second-order valence-corrected chi connectivity index (χ2v) is 6.17. The normalized spacial score (nSPS) is 14.3. The quantitative estimate of drug-likeness (QED) is 0.705. The lowest BCUT2D eigenvalue weighted by molar-refractivity contribution is -0.143. The summed E-state index contributed by atoms with van der Waals surface area (Å²) >= 11 is 0. The predicted octanol–water partition coefficient (Wildman–Crippen LogP) is 4.86. The van der Waals surface area contributed by atoms with E-state index in [1.807, 2.05) is 0 Å². The van der Waals surface area contributed by atoms with Gasteiger partial charge in [0.15, 0.2) is 0 Å². The van der Waals surface area contributed by atoms with Crippen LogP contribution in [0, 0.1) is 0 Å². The molecule has 0 saturated carbocycles. The number of hydrogen-bond acceptors (Lipinski definition) is 2. The van der Waals surface area contributed by atoms with Crippen molar-refractivity contribution in [2.75, 3.05) is 10.6 Å². The molecule has 1 aliphatic heterocycles. The van der Waals surface area contributed by atoms with E-state index in [9.17, 15) is 35.9 Å². The molecule has 10 heteroatoms. The topological polar surface area (TPSA) is 58.2 Å². The lowest BCUT2D eigenvalue weighted by atomic mass is 10.0. The maximum Gasteiger partial charge on any atom is 0.416 e. The van der Waals surface area contributed by atoms with E-state index in [-0.39, 0.29) is 24.1 Å². The van der Waals surface area contributed by atoms with Gasteiger partial charge in [-0.25, -0.2) is 0 Å². The highest BCUT2D eigenvalue weighted by Gasteiger charge is 2.37. The summed E-state index contributed by atoms with van der Waals surface area (Å²) in [5.41, 5.74) is -2.50. The van der Waals surface area contributed by atoms with E-state index in [4.69, 9.17) is 0 Å². The lowest BCUT2D eigenvalue weighted by Crippen LogP contribution is -2.20. The number of carbonyl (C=O) groups is 2. The van der Waals surface area contributed by atoms with Crippen LogP contribution in [0.2, 0.25) is 0 Å². The number of fused-ring (bicyclic) bond motifs is 1. The second-order valence-electron chi connectivity index (χ2n) is 6.17.